The maximum atomic E-state index is 12.6. The highest BCUT2D eigenvalue weighted by atomic mass is 19.4. The molecule has 0 aliphatic carbocycles. The van der Waals surface area contributed by atoms with Crippen LogP contribution >= 0.6 is 0 Å². The molecule has 1 atom stereocenters. The number of rotatable bonds is 3. The van der Waals surface area contributed by atoms with E-state index < -0.39 is 17.6 Å². The zero-order chi connectivity index (χ0) is 18.0. The summed E-state index contributed by atoms with van der Waals surface area (Å²) in [7, 11) is 0. The van der Waals surface area contributed by atoms with E-state index >= 15 is 0 Å². The van der Waals surface area contributed by atoms with E-state index in [4.69, 9.17) is 0 Å². The monoisotopic (exact) mass is 343 g/mol. The average Bonchev–Trinajstić information content (AvgIpc) is 2.60. The Kier molecular flexibility index (Phi) is 4.49. The van der Waals surface area contributed by atoms with E-state index in [2.05, 4.69) is 5.32 Å². The molecule has 0 saturated carbocycles. The number of halogens is 3. The van der Waals surface area contributed by atoms with Gasteiger partial charge >= 0.3 is 6.18 Å². The fourth-order valence-electron chi connectivity index (χ4n) is 2.80. The Morgan fingerprint density at radius 3 is 2.24 bits per heavy atom. The summed E-state index contributed by atoms with van der Waals surface area (Å²) < 4.78 is 37.8. The van der Waals surface area contributed by atoms with Gasteiger partial charge in [-0.3, -0.25) is 4.79 Å². The van der Waals surface area contributed by atoms with Gasteiger partial charge in [0.2, 0.25) is 0 Å². The van der Waals surface area contributed by atoms with Gasteiger partial charge in [0.05, 0.1) is 11.6 Å². The summed E-state index contributed by atoms with van der Waals surface area (Å²) in [4.78, 5) is 12.3. The first-order chi connectivity index (χ1) is 11.9. The van der Waals surface area contributed by atoms with Crippen LogP contribution in [0.2, 0.25) is 0 Å². The molecule has 0 fully saturated rings. The molecule has 1 unspecified atom stereocenters. The van der Waals surface area contributed by atoms with Gasteiger partial charge in [0.25, 0.3) is 5.91 Å². The van der Waals surface area contributed by atoms with Crippen LogP contribution in [0.15, 0.2) is 66.7 Å². The van der Waals surface area contributed by atoms with Crippen LogP contribution in [0.1, 0.15) is 34.5 Å². The lowest BCUT2D eigenvalue weighted by molar-refractivity contribution is -0.137. The number of amides is 1. The molecule has 3 rings (SSSR count). The predicted octanol–water partition coefficient (Wildman–Crippen LogP) is 5.35. The van der Waals surface area contributed by atoms with Crippen molar-refractivity contribution in [2.45, 2.75) is 19.1 Å². The third-order valence-electron chi connectivity index (χ3n) is 4.11. The lowest BCUT2D eigenvalue weighted by Gasteiger charge is -2.17. The summed E-state index contributed by atoms with van der Waals surface area (Å²) in [6.07, 6.45) is -4.41. The van der Waals surface area contributed by atoms with E-state index in [-0.39, 0.29) is 11.6 Å². The molecule has 1 N–H and O–H groups in total. The summed E-state index contributed by atoms with van der Waals surface area (Å²) in [5.41, 5.74) is 0.379. The van der Waals surface area contributed by atoms with E-state index in [9.17, 15) is 18.0 Å². The maximum Gasteiger partial charge on any atom is 0.416 e. The molecule has 0 aliphatic rings. The van der Waals surface area contributed by atoms with Gasteiger partial charge in [0, 0.05) is 5.56 Å². The normalized spacial score (nSPS) is 12.8. The molecule has 3 aromatic carbocycles. The zero-order valence-corrected chi connectivity index (χ0v) is 13.5. The first-order valence-corrected chi connectivity index (χ1v) is 7.82. The third-order valence-corrected chi connectivity index (χ3v) is 4.11. The van der Waals surface area contributed by atoms with Crippen molar-refractivity contribution in [2.75, 3.05) is 0 Å². The highest BCUT2D eigenvalue weighted by molar-refractivity contribution is 5.95. The summed E-state index contributed by atoms with van der Waals surface area (Å²) in [5.74, 6) is -0.408. The lowest BCUT2D eigenvalue weighted by atomic mass is 9.99. The number of alkyl halides is 3. The number of carbonyl (C=O) groups excluding carboxylic acids is 1. The van der Waals surface area contributed by atoms with Crippen molar-refractivity contribution in [2.24, 2.45) is 0 Å². The van der Waals surface area contributed by atoms with Crippen LogP contribution in [0.25, 0.3) is 10.8 Å². The predicted molar refractivity (Wildman–Crippen MR) is 91.3 cm³/mol. The van der Waals surface area contributed by atoms with Crippen molar-refractivity contribution >= 4 is 16.7 Å². The highest BCUT2D eigenvalue weighted by Gasteiger charge is 2.30. The second-order valence-electron chi connectivity index (χ2n) is 5.84. The maximum absolute atomic E-state index is 12.6. The van der Waals surface area contributed by atoms with E-state index in [1.807, 2.05) is 49.4 Å². The smallest absolute Gasteiger partial charge is 0.345 e. The Morgan fingerprint density at radius 2 is 1.56 bits per heavy atom. The van der Waals surface area contributed by atoms with E-state index in [1.165, 1.54) is 12.1 Å². The van der Waals surface area contributed by atoms with Crippen molar-refractivity contribution in [1.82, 2.24) is 5.32 Å². The van der Waals surface area contributed by atoms with E-state index in [1.54, 1.807) is 0 Å². The number of fused-ring (bicyclic) bond motifs is 1. The average molecular weight is 343 g/mol. The summed E-state index contributed by atoms with van der Waals surface area (Å²) >= 11 is 0. The molecule has 128 valence electrons. The molecule has 0 bridgehead atoms. The zero-order valence-electron chi connectivity index (χ0n) is 13.5. The molecule has 25 heavy (non-hydrogen) atoms. The Morgan fingerprint density at radius 1 is 0.920 bits per heavy atom. The molecule has 0 heterocycles. The standard InChI is InChI=1S/C20H16F3NO/c1-13(17-8-4-6-14-5-2-3-7-18(14)17)24-19(25)15-9-11-16(12-10-15)20(21,22)23/h2-13H,1H3,(H,24,25). The number of nitrogens with one attached hydrogen (secondary N) is 1. The number of benzene rings is 3. The molecule has 0 aliphatic heterocycles. The number of hydrogen-bond acceptors (Lipinski definition) is 1. The number of hydrogen-bond donors (Lipinski definition) is 1. The quantitative estimate of drug-likeness (QED) is 0.682. The van der Waals surface area contributed by atoms with Crippen LogP contribution in [0.4, 0.5) is 13.2 Å². The molecule has 0 saturated heterocycles. The van der Waals surface area contributed by atoms with Gasteiger partial charge in [-0.2, -0.15) is 13.2 Å². The van der Waals surface area contributed by atoms with Crippen molar-refractivity contribution in [3.63, 3.8) is 0 Å². The largest absolute Gasteiger partial charge is 0.416 e. The first-order valence-electron chi connectivity index (χ1n) is 7.82. The van der Waals surface area contributed by atoms with Gasteiger partial charge in [-0.1, -0.05) is 42.5 Å². The molecule has 0 spiro atoms. The Bertz CT molecular complexity index is 895. The molecular formula is C20H16F3NO. The molecule has 5 heteroatoms. The molecule has 1 amide bonds. The topological polar surface area (TPSA) is 29.1 Å². The highest BCUT2D eigenvalue weighted by Crippen LogP contribution is 2.29. The molecular weight excluding hydrogens is 327 g/mol. The van der Waals surface area contributed by atoms with Crippen molar-refractivity contribution < 1.29 is 18.0 Å². The SMILES string of the molecule is CC(NC(=O)c1ccc(C(F)(F)F)cc1)c1cccc2ccccc12. The third kappa shape index (κ3) is 3.65. The number of carbonyl (C=O) groups is 1. The molecule has 2 nitrogen and oxygen atoms in total. The van der Waals surface area contributed by atoms with Gasteiger partial charge in [-0.05, 0) is 47.5 Å². The Hall–Kier alpha value is -2.82. The fraction of sp³-hybridized carbons (Fsp3) is 0.150. The van der Waals surface area contributed by atoms with Crippen LogP contribution in [0.3, 0.4) is 0 Å². The van der Waals surface area contributed by atoms with Crippen molar-refractivity contribution in [3.8, 4) is 0 Å². The van der Waals surface area contributed by atoms with Gasteiger partial charge in [-0.25, -0.2) is 0 Å². The second-order valence-corrected chi connectivity index (χ2v) is 5.84. The van der Waals surface area contributed by atoms with E-state index in [0.29, 0.717) is 0 Å². The second kappa shape index (κ2) is 6.59. The summed E-state index contributed by atoms with van der Waals surface area (Å²) in [6, 6.07) is 17.6. The van der Waals surface area contributed by atoms with Gasteiger partial charge < -0.3 is 5.32 Å². The van der Waals surface area contributed by atoms with Gasteiger partial charge in [-0.15, -0.1) is 0 Å². The first kappa shape index (κ1) is 17.0. The molecule has 0 aromatic heterocycles. The van der Waals surface area contributed by atoms with Crippen LogP contribution in [0, 0.1) is 0 Å². The minimum atomic E-state index is -4.41. The Labute approximate surface area is 143 Å². The van der Waals surface area contributed by atoms with Crippen LogP contribution in [0.5, 0.6) is 0 Å². The fourth-order valence-corrected chi connectivity index (χ4v) is 2.80. The van der Waals surface area contributed by atoms with Crippen LogP contribution in [-0.4, -0.2) is 5.91 Å². The molecule has 3 aromatic rings. The van der Waals surface area contributed by atoms with Crippen molar-refractivity contribution in [1.29, 1.82) is 0 Å². The molecule has 0 radical (unpaired) electrons. The van der Waals surface area contributed by atoms with Gasteiger partial charge in [0.15, 0.2) is 0 Å². The lowest BCUT2D eigenvalue weighted by Crippen LogP contribution is -2.26. The van der Waals surface area contributed by atoms with E-state index in [0.717, 1.165) is 28.5 Å². The van der Waals surface area contributed by atoms with Crippen LogP contribution in [-0.2, 0) is 6.18 Å². The van der Waals surface area contributed by atoms with Crippen molar-refractivity contribution in [3.05, 3.63) is 83.4 Å². The summed E-state index contributed by atoms with van der Waals surface area (Å²) in [5, 5.41) is 4.94. The summed E-state index contributed by atoms with van der Waals surface area (Å²) in [6.45, 7) is 1.85. The minimum Gasteiger partial charge on any atom is -0.345 e. The Balaban J connectivity index is 1.80. The van der Waals surface area contributed by atoms with Crippen LogP contribution < -0.4 is 5.32 Å². The minimum absolute atomic E-state index is 0.195. The van der Waals surface area contributed by atoms with Gasteiger partial charge in [0.1, 0.15) is 0 Å².